The summed E-state index contributed by atoms with van der Waals surface area (Å²) >= 11 is 5.94. The summed E-state index contributed by atoms with van der Waals surface area (Å²) in [6, 6.07) is 7.13. The first kappa shape index (κ1) is 17.6. The number of urea groups is 1. The number of amides is 3. The van der Waals surface area contributed by atoms with Gasteiger partial charge in [-0.1, -0.05) is 17.7 Å². The van der Waals surface area contributed by atoms with Crippen molar-refractivity contribution in [1.29, 1.82) is 0 Å². The van der Waals surface area contributed by atoms with Crippen molar-refractivity contribution in [1.82, 2.24) is 15.1 Å². The lowest BCUT2D eigenvalue weighted by Gasteiger charge is -2.33. The number of piperidine rings is 1. The summed E-state index contributed by atoms with van der Waals surface area (Å²) in [6.45, 7) is 6.64. The van der Waals surface area contributed by atoms with Crippen LogP contribution in [0.2, 0.25) is 5.02 Å². The lowest BCUT2D eigenvalue weighted by molar-refractivity contribution is 0.0706. The van der Waals surface area contributed by atoms with Crippen molar-refractivity contribution in [3.8, 4) is 0 Å². The van der Waals surface area contributed by atoms with Crippen molar-refractivity contribution in [2.75, 3.05) is 26.2 Å². The van der Waals surface area contributed by atoms with Crippen molar-refractivity contribution < 1.29 is 9.59 Å². The van der Waals surface area contributed by atoms with Crippen LogP contribution < -0.4 is 5.32 Å². The molecular weight excluding hydrogens is 314 g/mol. The molecule has 23 heavy (non-hydrogen) atoms. The van der Waals surface area contributed by atoms with E-state index in [1.807, 2.05) is 18.7 Å². The van der Waals surface area contributed by atoms with Crippen molar-refractivity contribution >= 4 is 23.5 Å². The molecule has 3 amide bonds. The first-order valence-corrected chi connectivity index (χ1v) is 8.53. The Morgan fingerprint density at radius 3 is 2.48 bits per heavy atom. The molecule has 1 heterocycles. The maximum Gasteiger partial charge on any atom is 0.317 e. The predicted molar refractivity (Wildman–Crippen MR) is 91.8 cm³/mol. The molecule has 0 aromatic heterocycles. The molecule has 1 N–H and O–H groups in total. The third-order valence-electron chi connectivity index (χ3n) is 4.23. The number of carbonyl (C=O) groups is 2. The van der Waals surface area contributed by atoms with Gasteiger partial charge < -0.3 is 15.1 Å². The predicted octanol–water partition coefficient (Wildman–Crippen LogP) is 3.00. The van der Waals surface area contributed by atoms with Gasteiger partial charge in [0.25, 0.3) is 5.91 Å². The lowest BCUT2D eigenvalue weighted by atomic mass is 10.0. The fraction of sp³-hybridized carbons (Fsp3) is 0.529. The largest absolute Gasteiger partial charge is 0.338 e. The van der Waals surface area contributed by atoms with Gasteiger partial charge in [0.1, 0.15) is 0 Å². The quantitative estimate of drug-likeness (QED) is 0.918. The summed E-state index contributed by atoms with van der Waals surface area (Å²) in [7, 11) is 0. The van der Waals surface area contributed by atoms with Gasteiger partial charge >= 0.3 is 6.03 Å². The summed E-state index contributed by atoms with van der Waals surface area (Å²) in [5.74, 6) is 0.000944. The van der Waals surface area contributed by atoms with E-state index in [0.29, 0.717) is 36.8 Å². The Morgan fingerprint density at radius 2 is 1.91 bits per heavy atom. The second-order valence-electron chi connectivity index (χ2n) is 5.70. The molecule has 0 atom stereocenters. The average Bonchev–Trinajstić information content (AvgIpc) is 2.56. The van der Waals surface area contributed by atoms with Gasteiger partial charge in [-0.05, 0) is 44.9 Å². The fourth-order valence-corrected chi connectivity index (χ4v) is 3.00. The first-order chi connectivity index (χ1) is 11.0. The maximum absolute atomic E-state index is 12.5. The highest BCUT2D eigenvalue weighted by Gasteiger charge is 2.25. The van der Waals surface area contributed by atoms with Crippen LogP contribution in [0.5, 0.6) is 0 Å². The van der Waals surface area contributed by atoms with Gasteiger partial charge in [-0.3, -0.25) is 4.79 Å². The molecule has 1 aromatic carbocycles. The summed E-state index contributed by atoms with van der Waals surface area (Å²) in [5.41, 5.74) is 0.614. The molecule has 0 unspecified atom stereocenters. The molecule has 1 aromatic rings. The average molecular weight is 338 g/mol. The summed E-state index contributed by atoms with van der Waals surface area (Å²) in [6.07, 6.45) is 1.55. The zero-order valence-electron chi connectivity index (χ0n) is 13.7. The van der Waals surface area contributed by atoms with E-state index in [0.717, 1.165) is 12.8 Å². The zero-order valence-corrected chi connectivity index (χ0v) is 14.5. The van der Waals surface area contributed by atoms with Crippen LogP contribution >= 0.6 is 11.6 Å². The lowest BCUT2D eigenvalue weighted by Crippen LogP contribution is -2.50. The molecule has 126 valence electrons. The molecule has 0 aliphatic carbocycles. The van der Waals surface area contributed by atoms with Gasteiger partial charge in [-0.15, -0.1) is 0 Å². The van der Waals surface area contributed by atoms with Crippen LogP contribution in [0.1, 0.15) is 37.0 Å². The third-order valence-corrected chi connectivity index (χ3v) is 4.47. The van der Waals surface area contributed by atoms with Gasteiger partial charge in [0, 0.05) is 42.8 Å². The highest BCUT2D eigenvalue weighted by atomic mass is 35.5. The van der Waals surface area contributed by atoms with Crippen molar-refractivity contribution in [3.05, 3.63) is 34.9 Å². The molecule has 0 spiro atoms. The number of nitrogens with one attached hydrogen (secondary N) is 1. The molecule has 1 fully saturated rings. The Hall–Kier alpha value is -1.75. The maximum atomic E-state index is 12.5. The number of hydrogen-bond acceptors (Lipinski definition) is 2. The van der Waals surface area contributed by atoms with Crippen LogP contribution in [-0.4, -0.2) is 54.0 Å². The number of carbonyl (C=O) groups excluding carboxylic acids is 2. The summed E-state index contributed by atoms with van der Waals surface area (Å²) in [4.78, 5) is 28.1. The fourth-order valence-electron chi connectivity index (χ4n) is 2.81. The van der Waals surface area contributed by atoms with Crippen molar-refractivity contribution in [3.63, 3.8) is 0 Å². The Kier molecular flexibility index (Phi) is 6.28. The highest BCUT2D eigenvalue weighted by Crippen LogP contribution is 2.17. The van der Waals surface area contributed by atoms with Gasteiger partial charge in [0.2, 0.25) is 0 Å². The van der Waals surface area contributed by atoms with Crippen LogP contribution in [-0.2, 0) is 0 Å². The molecule has 2 rings (SSSR count). The monoisotopic (exact) mass is 337 g/mol. The van der Waals surface area contributed by atoms with Crippen LogP contribution in [0.3, 0.4) is 0 Å². The van der Waals surface area contributed by atoms with Crippen LogP contribution in [0, 0.1) is 0 Å². The van der Waals surface area contributed by atoms with E-state index in [2.05, 4.69) is 5.32 Å². The number of hydrogen-bond donors (Lipinski definition) is 1. The van der Waals surface area contributed by atoms with Gasteiger partial charge in [-0.25, -0.2) is 4.79 Å². The molecule has 0 bridgehead atoms. The molecule has 0 saturated carbocycles. The van der Waals surface area contributed by atoms with E-state index >= 15 is 0 Å². The smallest absolute Gasteiger partial charge is 0.317 e. The van der Waals surface area contributed by atoms with E-state index in [1.54, 1.807) is 29.2 Å². The van der Waals surface area contributed by atoms with Gasteiger partial charge in [-0.2, -0.15) is 0 Å². The highest BCUT2D eigenvalue weighted by molar-refractivity contribution is 6.30. The SMILES string of the molecule is CCN(CC)C(=O)NC1CCN(C(=O)c2cccc(Cl)c2)CC1. The molecule has 5 nitrogen and oxygen atoms in total. The minimum Gasteiger partial charge on any atom is -0.338 e. The van der Waals surface area contributed by atoms with Crippen molar-refractivity contribution in [2.24, 2.45) is 0 Å². The second-order valence-corrected chi connectivity index (χ2v) is 6.14. The van der Waals surface area contributed by atoms with Gasteiger partial charge in [0.15, 0.2) is 0 Å². The molecular formula is C17H24ClN3O2. The number of likely N-dealkylation sites (tertiary alicyclic amines) is 1. The number of nitrogens with zero attached hydrogens (tertiary/aromatic N) is 2. The molecule has 1 aliphatic rings. The number of benzene rings is 1. The molecule has 1 aliphatic heterocycles. The van der Waals surface area contributed by atoms with E-state index in [9.17, 15) is 9.59 Å². The topological polar surface area (TPSA) is 52.7 Å². The van der Waals surface area contributed by atoms with E-state index in [1.165, 1.54) is 0 Å². The molecule has 6 heteroatoms. The Balaban J connectivity index is 1.86. The first-order valence-electron chi connectivity index (χ1n) is 8.15. The normalized spacial score (nSPS) is 15.3. The summed E-state index contributed by atoms with van der Waals surface area (Å²) in [5, 5.41) is 3.62. The number of halogens is 1. The van der Waals surface area contributed by atoms with E-state index < -0.39 is 0 Å². The molecule has 1 saturated heterocycles. The van der Waals surface area contributed by atoms with Crippen LogP contribution in [0.4, 0.5) is 4.79 Å². The standard InChI is InChI=1S/C17H24ClN3O2/c1-3-20(4-2)17(23)19-15-8-10-21(11-9-15)16(22)13-6-5-7-14(18)12-13/h5-7,12,15H,3-4,8-11H2,1-2H3,(H,19,23). The minimum atomic E-state index is -0.0189. The minimum absolute atomic E-state index is 0.000944. The number of rotatable bonds is 4. The van der Waals surface area contributed by atoms with Crippen LogP contribution in [0.25, 0.3) is 0 Å². The third kappa shape index (κ3) is 4.61. The van der Waals surface area contributed by atoms with Crippen molar-refractivity contribution in [2.45, 2.75) is 32.7 Å². The second kappa shape index (κ2) is 8.20. The van der Waals surface area contributed by atoms with Gasteiger partial charge in [0.05, 0.1) is 0 Å². The Bertz CT molecular complexity index is 553. The molecule has 0 radical (unpaired) electrons. The van der Waals surface area contributed by atoms with E-state index in [-0.39, 0.29) is 18.0 Å². The Morgan fingerprint density at radius 1 is 1.26 bits per heavy atom. The zero-order chi connectivity index (χ0) is 16.8. The Labute approximate surface area is 142 Å². The van der Waals surface area contributed by atoms with Crippen LogP contribution in [0.15, 0.2) is 24.3 Å². The van der Waals surface area contributed by atoms with E-state index in [4.69, 9.17) is 11.6 Å². The summed E-state index contributed by atoms with van der Waals surface area (Å²) < 4.78 is 0.